The van der Waals surface area contributed by atoms with Crippen LogP contribution in [-0.2, 0) is 10.8 Å². The van der Waals surface area contributed by atoms with Gasteiger partial charge in [0.05, 0.1) is 5.41 Å². The molecule has 324 valence electrons. The van der Waals surface area contributed by atoms with Gasteiger partial charge in [-0.3, -0.25) is 0 Å². The van der Waals surface area contributed by atoms with E-state index in [4.69, 9.17) is 0 Å². The summed E-state index contributed by atoms with van der Waals surface area (Å²) in [4.78, 5) is 2.46. The van der Waals surface area contributed by atoms with Gasteiger partial charge in [0.15, 0.2) is 0 Å². The van der Waals surface area contributed by atoms with Gasteiger partial charge < -0.3 is 4.90 Å². The minimum absolute atomic E-state index is 0.160. The Morgan fingerprint density at radius 3 is 1.26 bits per heavy atom. The molecule has 69 heavy (non-hydrogen) atoms. The SMILES string of the molecule is CC1(C)c2ccccc2-c2c(-c3ccccc3)c(-c3ccc(N(c4ccc(-c5ccccc5)cc4)c4ccc5c(c4)C4(c6ccccc6-c6ccccc64)c4ccccc4-5)cc3)c3ccccc3c21. The second kappa shape index (κ2) is 15.0. The highest BCUT2D eigenvalue weighted by molar-refractivity contribution is 6.14. The smallest absolute Gasteiger partial charge is 0.0726 e. The number of anilines is 3. The van der Waals surface area contributed by atoms with E-state index in [0.717, 1.165) is 17.1 Å². The lowest BCUT2D eigenvalue weighted by Gasteiger charge is -2.32. The van der Waals surface area contributed by atoms with Crippen LogP contribution in [0.2, 0.25) is 0 Å². The summed E-state index contributed by atoms with van der Waals surface area (Å²) in [6.07, 6.45) is 0. The molecule has 0 atom stereocenters. The summed E-state index contributed by atoms with van der Waals surface area (Å²) in [5.41, 5.74) is 26.1. The van der Waals surface area contributed by atoms with E-state index in [1.165, 1.54) is 111 Å². The molecule has 0 unspecified atom stereocenters. The van der Waals surface area contributed by atoms with Crippen LogP contribution in [0.3, 0.4) is 0 Å². The molecule has 0 bridgehead atoms. The van der Waals surface area contributed by atoms with Gasteiger partial charge in [0.1, 0.15) is 0 Å². The van der Waals surface area contributed by atoms with Crippen LogP contribution in [-0.4, -0.2) is 0 Å². The highest BCUT2D eigenvalue weighted by atomic mass is 15.1. The van der Waals surface area contributed by atoms with Crippen molar-refractivity contribution in [3.05, 3.63) is 282 Å². The molecule has 14 rings (SSSR count). The minimum atomic E-state index is -0.447. The van der Waals surface area contributed by atoms with Crippen molar-refractivity contribution in [1.82, 2.24) is 0 Å². The monoisotopic (exact) mass is 877 g/mol. The molecule has 11 aromatic carbocycles. The molecular weight excluding hydrogens is 831 g/mol. The third-order valence-electron chi connectivity index (χ3n) is 15.7. The molecule has 0 N–H and O–H groups in total. The Kier molecular flexibility index (Phi) is 8.61. The summed E-state index contributed by atoms with van der Waals surface area (Å²) in [6, 6.07) is 92.8. The number of fused-ring (bicyclic) bond motifs is 15. The number of hydrogen-bond acceptors (Lipinski definition) is 1. The maximum Gasteiger partial charge on any atom is 0.0726 e. The molecule has 1 heteroatoms. The lowest BCUT2D eigenvalue weighted by Crippen LogP contribution is -2.26. The summed E-state index contributed by atoms with van der Waals surface area (Å²) >= 11 is 0. The molecule has 0 fully saturated rings. The van der Waals surface area contributed by atoms with Crippen LogP contribution in [0.1, 0.15) is 47.2 Å². The van der Waals surface area contributed by atoms with E-state index in [2.05, 4.69) is 267 Å². The summed E-state index contributed by atoms with van der Waals surface area (Å²) in [7, 11) is 0. The first kappa shape index (κ1) is 39.6. The Labute approximate surface area is 404 Å². The second-order valence-corrected chi connectivity index (χ2v) is 19.5. The maximum atomic E-state index is 2.49. The van der Waals surface area contributed by atoms with Crippen LogP contribution < -0.4 is 4.90 Å². The number of hydrogen-bond donors (Lipinski definition) is 0. The van der Waals surface area contributed by atoms with E-state index >= 15 is 0 Å². The van der Waals surface area contributed by atoms with Crippen molar-refractivity contribution in [2.24, 2.45) is 0 Å². The van der Waals surface area contributed by atoms with Crippen LogP contribution in [0.4, 0.5) is 17.1 Å². The second-order valence-electron chi connectivity index (χ2n) is 19.5. The van der Waals surface area contributed by atoms with Gasteiger partial charge in [0, 0.05) is 22.5 Å². The zero-order valence-corrected chi connectivity index (χ0v) is 38.6. The lowest BCUT2D eigenvalue weighted by molar-refractivity contribution is 0.666. The molecule has 1 spiro atoms. The number of benzene rings is 11. The van der Waals surface area contributed by atoms with Gasteiger partial charge in [-0.2, -0.15) is 0 Å². The summed E-state index contributed by atoms with van der Waals surface area (Å²) < 4.78 is 0. The fourth-order valence-electron chi connectivity index (χ4n) is 12.8. The molecule has 3 aliphatic rings. The molecule has 0 amide bonds. The summed E-state index contributed by atoms with van der Waals surface area (Å²) in [5.74, 6) is 0. The van der Waals surface area contributed by atoms with Crippen molar-refractivity contribution in [2.75, 3.05) is 4.90 Å². The molecule has 0 saturated heterocycles. The van der Waals surface area contributed by atoms with Crippen LogP contribution in [0.25, 0.3) is 77.5 Å². The minimum Gasteiger partial charge on any atom is -0.310 e. The largest absolute Gasteiger partial charge is 0.310 e. The molecule has 0 aliphatic heterocycles. The van der Waals surface area contributed by atoms with Crippen LogP contribution in [0, 0.1) is 0 Å². The first-order valence-corrected chi connectivity index (χ1v) is 24.3. The Hall–Kier alpha value is -8.52. The summed E-state index contributed by atoms with van der Waals surface area (Å²) in [6.45, 7) is 4.80. The predicted molar refractivity (Wildman–Crippen MR) is 289 cm³/mol. The number of nitrogens with zero attached hydrogens (tertiary/aromatic N) is 1. The quantitative estimate of drug-likeness (QED) is 0.161. The standard InChI is InChI=1S/C68H47N/c1-67(2)58-29-15-14-28-57(58)65-64(46-21-7-4-8-22-46)63(55-26-9-10-27-56(55)66(65)67)47-35-39-49(40-36-47)69(48-37-33-45(34-38-48)44-19-5-3-6-20-44)50-41-42-54-53-25-13-18-32-61(53)68(62(54)43-50)59-30-16-11-23-51(59)52-24-12-17-31-60(52)68/h3-43H,1-2H3. The van der Waals surface area contributed by atoms with E-state index in [1.54, 1.807) is 0 Å². The van der Waals surface area contributed by atoms with Crippen molar-refractivity contribution >= 4 is 27.8 Å². The third-order valence-corrected chi connectivity index (χ3v) is 15.7. The van der Waals surface area contributed by atoms with E-state index in [1.807, 2.05) is 0 Å². The molecule has 0 heterocycles. The van der Waals surface area contributed by atoms with Crippen LogP contribution in [0.15, 0.2) is 249 Å². The van der Waals surface area contributed by atoms with Crippen molar-refractivity contribution < 1.29 is 0 Å². The Morgan fingerprint density at radius 1 is 0.275 bits per heavy atom. The van der Waals surface area contributed by atoms with Gasteiger partial charge in [0.2, 0.25) is 0 Å². The fraction of sp³-hybridized carbons (Fsp3) is 0.0588. The van der Waals surface area contributed by atoms with Gasteiger partial charge in [-0.1, -0.05) is 226 Å². The maximum absolute atomic E-state index is 2.49. The van der Waals surface area contributed by atoms with Gasteiger partial charge in [-0.05, 0) is 147 Å². The van der Waals surface area contributed by atoms with Gasteiger partial charge in [0.25, 0.3) is 0 Å². The molecule has 0 aromatic heterocycles. The zero-order chi connectivity index (χ0) is 45.8. The van der Waals surface area contributed by atoms with E-state index in [0.29, 0.717) is 0 Å². The van der Waals surface area contributed by atoms with Crippen molar-refractivity contribution in [3.63, 3.8) is 0 Å². The van der Waals surface area contributed by atoms with E-state index < -0.39 is 5.41 Å². The highest BCUT2D eigenvalue weighted by Gasteiger charge is 2.51. The normalized spacial score (nSPS) is 13.9. The zero-order valence-electron chi connectivity index (χ0n) is 38.6. The molecular formula is C68H47N. The highest BCUT2D eigenvalue weighted by Crippen LogP contribution is 2.64. The topological polar surface area (TPSA) is 3.24 Å². The molecule has 3 aliphatic carbocycles. The van der Waals surface area contributed by atoms with E-state index in [-0.39, 0.29) is 5.41 Å². The number of rotatable bonds is 6. The first-order valence-electron chi connectivity index (χ1n) is 24.3. The van der Waals surface area contributed by atoms with Gasteiger partial charge >= 0.3 is 0 Å². The van der Waals surface area contributed by atoms with Crippen molar-refractivity contribution in [1.29, 1.82) is 0 Å². The fourth-order valence-corrected chi connectivity index (χ4v) is 12.8. The van der Waals surface area contributed by atoms with Crippen LogP contribution in [0.5, 0.6) is 0 Å². The molecule has 0 saturated carbocycles. The Bertz CT molecular complexity index is 3780. The van der Waals surface area contributed by atoms with Crippen molar-refractivity contribution in [3.8, 4) is 66.8 Å². The average Bonchev–Trinajstić information content (AvgIpc) is 3.97. The van der Waals surface area contributed by atoms with Gasteiger partial charge in [-0.25, -0.2) is 0 Å². The summed E-state index contributed by atoms with van der Waals surface area (Å²) in [5, 5.41) is 2.59. The Balaban J connectivity index is 0.989. The Morgan fingerprint density at radius 2 is 0.681 bits per heavy atom. The van der Waals surface area contributed by atoms with Crippen LogP contribution >= 0.6 is 0 Å². The third kappa shape index (κ3) is 5.59. The average molecular weight is 878 g/mol. The molecule has 1 nitrogen and oxygen atoms in total. The predicted octanol–water partition coefficient (Wildman–Crippen LogP) is 18.0. The lowest BCUT2D eigenvalue weighted by atomic mass is 9.70. The van der Waals surface area contributed by atoms with E-state index in [9.17, 15) is 0 Å². The first-order chi connectivity index (χ1) is 34.0. The molecule has 11 aromatic rings. The van der Waals surface area contributed by atoms with Crippen molar-refractivity contribution in [2.45, 2.75) is 24.7 Å². The van der Waals surface area contributed by atoms with Gasteiger partial charge in [-0.15, -0.1) is 0 Å². The molecule has 0 radical (unpaired) electrons.